The van der Waals surface area contributed by atoms with E-state index in [2.05, 4.69) is 4.98 Å². The van der Waals surface area contributed by atoms with Crippen LogP contribution in [-0.4, -0.2) is 34.7 Å². The van der Waals surface area contributed by atoms with Crippen molar-refractivity contribution in [2.75, 3.05) is 13.1 Å². The standard InChI is InChI=1S/C13H16N2O3/c1-2-9-8-15(6-4-11(9)16)13(18)10-3-5-14-12(17)7-10/h3,5,7,9H,2,4,6,8H2,1H3,(H,14,17). The SMILES string of the molecule is CCC1CN(C(=O)c2cc[nH]c(=O)c2)CCC1=O. The molecule has 1 atom stereocenters. The van der Waals surface area contributed by atoms with Gasteiger partial charge in [-0.2, -0.15) is 0 Å². The summed E-state index contributed by atoms with van der Waals surface area (Å²) in [5.41, 5.74) is 0.0870. The molecule has 1 aromatic heterocycles. The summed E-state index contributed by atoms with van der Waals surface area (Å²) in [7, 11) is 0. The number of nitrogens with one attached hydrogen (secondary N) is 1. The van der Waals surface area contributed by atoms with Gasteiger partial charge in [0.15, 0.2) is 0 Å². The van der Waals surface area contributed by atoms with Gasteiger partial charge in [0, 0.05) is 43.3 Å². The average Bonchev–Trinajstić information content (AvgIpc) is 2.38. The summed E-state index contributed by atoms with van der Waals surface area (Å²) in [5.74, 6) is -0.00999. The van der Waals surface area contributed by atoms with Crippen LogP contribution in [0.5, 0.6) is 0 Å². The molecule has 1 amide bonds. The summed E-state index contributed by atoms with van der Waals surface area (Å²) in [4.78, 5) is 39.1. The van der Waals surface area contributed by atoms with Crippen molar-refractivity contribution in [3.63, 3.8) is 0 Å². The Morgan fingerprint density at radius 1 is 1.50 bits per heavy atom. The number of hydrogen-bond donors (Lipinski definition) is 1. The van der Waals surface area contributed by atoms with Crippen molar-refractivity contribution in [3.05, 3.63) is 34.2 Å². The number of Topliss-reactive ketones (excluding diaryl/α,β-unsaturated/α-hetero) is 1. The molecule has 1 aromatic rings. The number of ketones is 1. The monoisotopic (exact) mass is 248 g/mol. The van der Waals surface area contributed by atoms with E-state index in [1.165, 1.54) is 12.3 Å². The Morgan fingerprint density at radius 2 is 2.28 bits per heavy atom. The van der Waals surface area contributed by atoms with Crippen LogP contribution in [0.3, 0.4) is 0 Å². The Hall–Kier alpha value is -1.91. The number of hydrogen-bond acceptors (Lipinski definition) is 3. The average molecular weight is 248 g/mol. The minimum absolute atomic E-state index is 0.0651. The molecule has 1 unspecified atom stereocenters. The summed E-state index contributed by atoms with van der Waals surface area (Å²) in [6.07, 6.45) is 2.62. The predicted molar refractivity (Wildman–Crippen MR) is 66.4 cm³/mol. The van der Waals surface area contributed by atoms with Crippen molar-refractivity contribution >= 4 is 11.7 Å². The fourth-order valence-corrected chi connectivity index (χ4v) is 2.21. The lowest BCUT2D eigenvalue weighted by molar-refractivity contribution is -0.125. The van der Waals surface area contributed by atoms with E-state index in [1.807, 2.05) is 6.92 Å². The van der Waals surface area contributed by atoms with Crippen molar-refractivity contribution in [2.24, 2.45) is 5.92 Å². The Kier molecular flexibility index (Phi) is 3.60. The molecule has 0 aliphatic carbocycles. The number of likely N-dealkylation sites (tertiary alicyclic amines) is 1. The highest BCUT2D eigenvalue weighted by atomic mass is 16.2. The second-order valence-electron chi connectivity index (χ2n) is 4.51. The molecular weight excluding hydrogens is 232 g/mol. The van der Waals surface area contributed by atoms with Crippen LogP contribution < -0.4 is 5.56 Å². The number of H-pyrrole nitrogens is 1. The van der Waals surface area contributed by atoms with E-state index >= 15 is 0 Å². The van der Waals surface area contributed by atoms with Gasteiger partial charge in [-0.15, -0.1) is 0 Å². The second kappa shape index (κ2) is 5.16. The molecule has 1 aliphatic heterocycles. The van der Waals surface area contributed by atoms with Crippen molar-refractivity contribution in [1.29, 1.82) is 0 Å². The van der Waals surface area contributed by atoms with Crippen LogP contribution in [-0.2, 0) is 4.79 Å². The molecule has 1 saturated heterocycles. The molecule has 0 radical (unpaired) electrons. The molecule has 0 bridgehead atoms. The Bertz CT molecular complexity index is 521. The zero-order valence-electron chi connectivity index (χ0n) is 10.3. The first kappa shape index (κ1) is 12.5. The Balaban J connectivity index is 2.15. The van der Waals surface area contributed by atoms with Crippen LogP contribution in [0.2, 0.25) is 0 Å². The zero-order valence-corrected chi connectivity index (χ0v) is 10.3. The minimum Gasteiger partial charge on any atom is -0.337 e. The molecule has 2 heterocycles. The molecule has 1 N–H and O–H groups in total. The van der Waals surface area contributed by atoms with Crippen LogP contribution in [0.25, 0.3) is 0 Å². The van der Waals surface area contributed by atoms with Gasteiger partial charge in [0.25, 0.3) is 5.91 Å². The number of pyridine rings is 1. The smallest absolute Gasteiger partial charge is 0.254 e. The van der Waals surface area contributed by atoms with Gasteiger partial charge in [0.1, 0.15) is 5.78 Å². The third-order valence-corrected chi connectivity index (χ3v) is 3.33. The van der Waals surface area contributed by atoms with Gasteiger partial charge >= 0.3 is 0 Å². The maximum Gasteiger partial charge on any atom is 0.254 e. The predicted octanol–water partition coefficient (Wildman–Crippen LogP) is 0.816. The summed E-state index contributed by atoms with van der Waals surface area (Å²) in [6, 6.07) is 2.88. The van der Waals surface area contributed by atoms with Crippen LogP contribution >= 0.6 is 0 Å². The highest BCUT2D eigenvalue weighted by molar-refractivity contribution is 5.95. The number of carbonyl (C=O) groups excluding carboxylic acids is 2. The number of nitrogens with zero attached hydrogens (tertiary/aromatic N) is 1. The fraction of sp³-hybridized carbons (Fsp3) is 0.462. The molecule has 1 fully saturated rings. The first-order valence-corrected chi connectivity index (χ1v) is 6.12. The maximum atomic E-state index is 12.2. The van der Waals surface area contributed by atoms with Gasteiger partial charge in [0.05, 0.1) is 0 Å². The largest absolute Gasteiger partial charge is 0.337 e. The van der Waals surface area contributed by atoms with E-state index in [4.69, 9.17) is 0 Å². The molecule has 0 aromatic carbocycles. The normalized spacial score (nSPS) is 19.9. The second-order valence-corrected chi connectivity index (χ2v) is 4.51. The molecule has 0 saturated carbocycles. The summed E-state index contributed by atoms with van der Waals surface area (Å²) < 4.78 is 0. The lowest BCUT2D eigenvalue weighted by atomic mass is 9.94. The first-order chi connectivity index (χ1) is 8.61. The molecule has 1 aliphatic rings. The highest BCUT2D eigenvalue weighted by Gasteiger charge is 2.28. The van der Waals surface area contributed by atoms with Crippen LogP contribution in [0.4, 0.5) is 0 Å². The Labute approximate surface area is 105 Å². The summed E-state index contributed by atoms with van der Waals surface area (Å²) in [6.45, 7) is 2.85. The van der Waals surface area contributed by atoms with Gasteiger partial charge < -0.3 is 9.88 Å². The molecule has 0 spiro atoms. The van der Waals surface area contributed by atoms with Crippen molar-refractivity contribution in [3.8, 4) is 0 Å². The van der Waals surface area contributed by atoms with Gasteiger partial charge in [-0.1, -0.05) is 6.92 Å². The van der Waals surface area contributed by atoms with E-state index in [0.29, 0.717) is 25.1 Å². The lowest BCUT2D eigenvalue weighted by Gasteiger charge is -2.31. The van der Waals surface area contributed by atoms with Crippen molar-refractivity contribution < 1.29 is 9.59 Å². The molecular formula is C13H16N2O3. The number of aromatic amines is 1. The Morgan fingerprint density at radius 3 is 2.94 bits per heavy atom. The lowest BCUT2D eigenvalue weighted by Crippen LogP contribution is -2.44. The quantitative estimate of drug-likeness (QED) is 0.842. The third kappa shape index (κ3) is 2.50. The van der Waals surface area contributed by atoms with Crippen LogP contribution in [0.1, 0.15) is 30.1 Å². The number of piperidine rings is 1. The molecule has 2 rings (SSSR count). The topological polar surface area (TPSA) is 70.2 Å². The molecule has 18 heavy (non-hydrogen) atoms. The molecule has 5 heteroatoms. The van der Waals surface area contributed by atoms with Gasteiger partial charge in [-0.3, -0.25) is 14.4 Å². The fourth-order valence-electron chi connectivity index (χ4n) is 2.21. The summed E-state index contributed by atoms with van der Waals surface area (Å²) >= 11 is 0. The number of amides is 1. The molecule has 5 nitrogen and oxygen atoms in total. The van der Waals surface area contributed by atoms with E-state index in [9.17, 15) is 14.4 Å². The highest BCUT2D eigenvalue weighted by Crippen LogP contribution is 2.17. The third-order valence-electron chi connectivity index (χ3n) is 3.33. The zero-order chi connectivity index (χ0) is 13.1. The van der Waals surface area contributed by atoms with E-state index in [-0.39, 0.29) is 23.2 Å². The van der Waals surface area contributed by atoms with E-state index in [0.717, 1.165) is 6.42 Å². The van der Waals surface area contributed by atoms with Crippen molar-refractivity contribution in [1.82, 2.24) is 9.88 Å². The number of carbonyl (C=O) groups is 2. The molecule has 96 valence electrons. The van der Waals surface area contributed by atoms with E-state index < -0.39 is 0 Å². The van der Waals surface area contributed by atoms with Crippen molar-refractivity contribution in [2.45, 2.75) is 19.8 Å². The van der Waals surface area contributed by atoms with E-state index in [1.54, 1.807) is 11.0 Å². The van der Waals surface area contributed by atoms with Gasteiger partial charge in [0.2, 0.25) is 5.56 Å². The number of aromatic nitrogens is 1. The van der Waals surface area contributed by atoms with Crippen LogP contribution in [0.15, 0.2) is 23.1 Å². The number of rotatable bonds is 2. The first-order valence-electron chi connectivity index (χ1n) is 6.12. The summed E-state index contributed by atoms with van der Waals surface area (Å²) in [5, 5.41) is 0. The minimum atomic E-state index is -0.291. The van der Waals surface area contributed by atoms with Gasteiger partial charge in [-0.25, -0.2) is 0 Å². The van der Waals surface area contributed by atoms with Gasteiger partial charge in [-0.05, 0) is 12.5 Å². The van der Waals surface area contributed by atoms with Crippen LogP contribution in [0, 0.1) is 5.92 Å². The maximum absolute atomic E-state index is 12.2.